The van der Waals surface area contributed by atoms with E-state index in [0.29, 0.717) is 0 Å². The van der Waals surface area contributed by atoms with Crippen LogP contribution in [0.4, 0.5) is 5.82 Å². The SMILES string of the molecule is CCN1CCN(c2nc(-c3ccc(O[C@H](C)CO)cc3)cc3sccc23)CC1. The molecule has 0 spiro atoms. The van der Waals surface area contributed by atoms with Crippen molar-refractivity contribution in [2.45, 2.75) is 20.0 Å². The maximum atomic E-state index is 9.15. The number of likely N-dealkylation sites (N-methyl/N-ethyl adjacent to an activating group) is 1. The van der Waals surface area contributed by atoms with Crippen LogP contribution in [0.15, 0.2) is 41.8 Å². The van der Waals surface area contributed by atoms with E-state index in [1.54, 1.807) is 11.3 Å². The van der Waals surface area contributed by atoms with Gasteiger partial charge in [-0.3, -0.25) is 0 Å². The summed E-state index contributed by atoms with van der Waals surface area (Å²) < 4.78 is 6.94. The second kappa shape index (κ2) is 8.47. The van der Waals surface area contributed by atoms with Gasteiger partial charge in [0, 0.05) is 41.8 Å². The van der Waals surface area contributed by atoms with Gasteiger partial charge in [-0.1, -0.05) is 6.92 Å². The van der Waals surface area contributed by atoms with Crippen LogP contribution < -0.4 is 9.64 Å². The fourth-order valence-corrected chi connectivity index (χ4v) is 4.40. The zero-order chi connectivity index (χ0) is 19.5. The number of aliphatic hydroxyl groups is 1. The molecule has 0 saturated carbocycles. The highest BCUT2D eigenvalue weighted by Gasteiger charge is 2.20. The number of hydrogen-bond acceptors (Lipinski definition) is 6. The normalized spacial score (nSPS) is 16.5. The van der Waals surface area contributed by atoms with Gasteiger partial charge in [0.1, 0.15) is 17.7 Å². The lowest BCUT2D eigenvalue weighted by molar-refractivity contribution is 0.130. The molecule has 2 aromatic heterocycles. The van der Waals surface area contributed by atoms with Gasteiger partial charge in [0.05, 0.1) is 12.3 Å². The molecule has 1 N–H and O–H groups in total. The zero-order valence-electron chi connectivity index (χ0n) is 16.5. The Morgan fingerprint density at radius 2 is 1.89 bits per heavy atom. The van der Waals surface area contributed by atoms with Gasteiger partial charge < -0.3 is 19.6 Å². The van der Waals surface area contributed by atoms with Crippen molar-refractivity contribution in [2.24, 2.45) is 0 Å². The number of aromatic nitrogens is 1. The number of fused-ring (bicyclic) bond motifs is 1. The highest BCUT2D eigenvalue weighted by Crippen LogP contribution is 2.34. The molecule has 1 fully saturated rings. The number of pyridine rings is 1. The van der Waals surface area contributed by atoms with Crippen LogP contribution in [0, 0.1) is 0 Å². The van der Waals surface area contributed by atoms with E-state index in [4.69, 9.17) is 14.8 Å². The molecule has 1 saturated heterocycles. The minimum absolute atomic E-state index is 0.00695. The number of rotatable bonds is 6. The number of nitrogens with zero attached hydrogens (tertiary/aromatic N) is 3. The molecule has 3 aromatic rings. The van der Waals surface area contributed by atoms with Crippen molar-refractivity contribution in [3.63, 3.8) is 0 Å². The Morgan fingerprint density at radius 3 is 2.57 bits per heavy atom. The minimum atomic E-state index is -0.208. The molecule has 0 aliphatic carbocycles. The number of thiophene rings is 1. The monoisotopic (exact) mass is 397 g/mol. The Labute approximate surface area is 170 Å². The molecule has 6 heteroatoms. The number of aliphatic hydroxyl groups excluding tert-OH is 1. The average molecular weight is 398 g/mol. The molecule has 1 atom stereocenters. The van der Waals surface area contributed by atoms with E-state index in [0.717, 1.165) is 55.5 Å². The first-order valence-electron chi connectivity index (χ1n) is 9.91. The molecule has 0 unspecified atom stereocenters. The molecular weight excluding hydrogens is 370 g/mol. The predicted octanol–water partition coefficient (Wildman–Crippen LogP) is 3.86. The van der Waals surface area contributed by atoms with Crippen molar-refractivity contribution in [3.05, 3.63) is 41.8 Å². The summed E-state index contributed by atoms with van der Waals surface area (Å²) in [5.74, 6) is 1.86. The maximum Gasteiger partial charge on any atom is 0.138 e. The van der Waals surface area contributed by atoms with Crippen LogP contribution in [0.5, 0.6) is 5.75 Å². The third-order valence-electron chi connectivity index (χ3n) is 5.29. The van der Waals surface area contributed by atoms with Crippen LogP contribution in [-0.2, 0) is 0 Å². The van der Waals surface area contributed by atoms with Crippen LogP contribution in [-0.4, -0.2) is 60.4 Å². The Bertz CT molecular complexity index is 917. The van der Waals surface area contributed by atoms with Gasteiger partial charge in [-0.15, -0.1) is 11.3 Å². The zero-order valence-corrected chi connectivity index (χ0v) is 17.3. The molecular formula is C22H27N3O2S. The average Bonchev–Trinajstić information content (AvgIpc) is 3.22. The van der Waals surface area contributed by atoms with Crippen molar-refractivity contribution >= 4 is 27.2 Å². The van der Waals surface area contributed by atoms with Crippen molar-refractivity contribution < 1.29 is 9.84 Å². The summed E-state index contributed by atoms with van der Waals surface area (Å²) in [6.07, 6.45) is -0.208. The summed E-state index contributed by atoms with van der Waals surface area (Å²) >= 11 is 1.76. The van der Waals surface area contributed by atoms with Crippen LogP contribution >= 0.6 is 11.3 Å². The third-order valence-corrected chi connectivity index (χ3v) is 6.16. The second-order valence-electron chi connectivity index (χ2n) is 7.22. The summed E-state index contributed by atoms with van der Waals surface area (Å²) in [4.78, 5) is 9.96. The summed E-state index contributed by atoms with van der Waals surface area (Å²) in [5.41, 5.74) is 2.07. The van der Waals surface area contributed by atoms with Crippen LogP contribution in [0.1, 0.15) is 13.8 Å². The largest absolute Gasteiger partial charge is 0.488 e. The summed E-state index contributed by atoms with van der Waals surface area (Å²) in [6, 6.07) is 12.3. The van der Waals surface area contributed by atoms with E-state index in [1.165, 1.54) is 10.1 Å². The number of hydrogen-bond donors (Lipinski definition) is 1. The molecule has 28 heavy (non-hydrogen) atoms. The lowest BCUT2D eigenvalue weighted by Gasteiger charge is -2.35. The lowest BCUT2D eigenvalue weighted by atomic mass is 10.1. The number of piperazine rings is 1. The predicted molar refractivity (Wildman–Crippen MR) is 117 cm³/mol. The van der Waals surface area contributed by atoms with Gasteiger partial charge in [0.25, 0.3) is 0 Å². The molecule has 4 rings (SSSR count). The van der Waals surface area contributed by atoms with Gasteiger partial charge in [0.2, 0.25) is 0 Å². The van der Waals surface area contributed by atoms with E-state index in [9.17, 15) is 0 Å². The highest BCUT2D eigenvalue weighted by atomic mass is 32.1. The van der Waals surface area contributed by atoms with Crippen molar-refractivity contribution in [3.8, 4) is 17.0 Å². The van der Waals surface area contributed by atoms with Gasteiger partial charge >= 0.3 is 0 Å². The first kappa shape index (κ1) is 19.2. The molecule has 5 nitrogen and oxygen atoms in total. The molecule has 148 valence electrons. The van der Waals surface area contributed by atoms with E-state index < -0.39 is 0 Å². The second-order valence-corrected chi connectivity index (χ2v) is 8.17. The van der Waals surface area contributed by atoms with E-state index >= 15 is 0 Å². The Balaban J connectivity index is 1.63. The Hall–Kier alpha value is -2.15. The van der Waals surface area contributed by atoms with Crippen LogP contribution in [0.25, 0.3) is 21.3 Å². The first-order valence-corrected chi connectivity index (χ1v) is 10.8. The Kier molecular flexibility index (Phi) is 5.80. The van der Waals surface area contributed by atoms with Gasteiger partial charge in [0.15, 0.2) is 0 Å². The van der Waals surface area contributed by atoms with Crippen molar-refractivity contribution in [2.75, 3.05) is 44.2 Å². The van der Waals surface area contributed by atoms with Crippen LogP contribution in [0.3, 0.4) is 0 Å². The molecule has 0 bridgehead atoms. The van der Waals surface area contributed by atoms with Gasteiger partial charge in [-0.05, 0) is 55.2 Å². The molecule has 0 radical (unpaired) electrons. The standard InChI is InChI=1S/C22H27N3O2S/c1-3-24-9-11-25(12-10-24)22-19-8-13-28-21(19)14-20(23-22)17-4-6-18(7-5-17)27-16(2)15-26/h4-8,13-14,16,26H,3,9-12,15H2,1-2H3/t16-/m1/s1. The van der Waals surface area contributed by atoms with E-state index in [1.807, 2.05) is 31.2 Å². The van der Waals surface area contributed by atoms with Crippen molar-refractivity contribution in [1.82, 2.24) is 9.88 Å². The fraction of sp³-hybridized carbons (Fsp3) is 0.409. The Morgan fingerprint density at radius 1 is 1.14 bits per heavy atom. The number of benzene rings is 1. The molecule has 1 aliphatic heterocycles. The van der Waals surface area contributed by atoms with Crippen molar-refractivity contribution in [1.29, 1.82) is 0 Å². The third kappa shape index (κ3) is 3.99. The number of ether oxygens (including phenoxy) is 1. The maximum absolute atomic E-state index is 9.15. The topological polar surface area (TPSA) is 48.8 Å². The molecule has 0 amide bonds. The van der Waals surface area contributed by atoms with E-state index in [2.05, 4.69) is 34.2 Å². The molecule has 1 aliphatic rings. The summed E-state index contributed by atoms with van der Waals surface area (Å²) in [5, 5.41) is 12.5. The molecule has 3 heterocycles. The first-order chi connectivity index (χ1) is 13.7. The van der Waals surface area contributed by atoms with Gasteiger partial charge in [-0.25, -0.2) is 4.98 Å². The van der Waals surface area contributed by atoms with E-state index in [-0.39, 0.29) is 12.7 Å². The lowest BCUT2D eigenvalue weighted by Crippen LogP contribution is -2.46. The fourth-order valence-electron chi connectivity index (χ4n) is 3.59. The van der Waals surface area contributed by atoms with Crippen LogP contribution in [0.2, 0.25) is 0 Å². The van der Waals surface area contributed by atoms with Gasteiger partial charge in [-0.2, -0.15) is 0 Å². The summed E-state index contributed by atoms with van der Waals surface area (Å²) in [6.45, 7) is 9.39. The smallest absolute Gasteiger partial charge is 0.138 e. The highest BCUT2D eigenvalue weighted by molar-refractivity contribution is 7.17. The number of anilines is 1. The quantitative estimate of drug-likeness (QED) is 0.684. The summed E-state index contributed by atoms with van der Waals surface area (Å²) in [7, 11) is 0. The minimum Gasteiger partial charge on any atom is -0.488 e. The molecule has 1 aromatic carbocycles.